The molecule has 0 unspecified atom stereocenters. The molecular formula is C26H25N3O4S. The van der Waals surface area contributed by atoms with Crippen LogP contribution in [0.2, 0.25) is 0 Å². The topological polar surface area (TPSA) is 85.6 Å². The van der Waals surface area contributed by atoms with Crippen LogP contribution in [0.1, 0.15) is 24.2 Å². The van der Waals surface area contributed by atoms with Gasteiger partial charge in [-0.3, -0.25) is 10.1 Å². The lowest BCUT2D eigenvalue weighted by Gasteiger charge is -2.11. The Morgan fingerprint density at radius 3 is 2.41 bits per heavy atom. The predicted octanol–water partition coefficient (Wildman–Crippen LogP) is 5.67. The third kappa shape index (κ3) is 5.71. The zero-order valence-corrected chi connectivity index (χ0v) is 19.9. The van der Waals surface area contributed by atoms with E-state index in [4.69, 9.17) is 26.1 Å². The van der Waals surface area contributed by atoms with Crippen molar-refractivity contribution in [2.45, 2.75) is 13.8 Å². The van der Waals surface area contributed by atoms with Crippen molar-refractivity contribution in [3.05, 3.63) is 72.3 Å². The highest BCUT2D eigenvalue weighted by Crippen LogP contribution is 2.27. The van der Waals surface area contributed by atoms with Crippen molar-refractivity contribution in [3.8, 4) is 23.0 Å². The number of oxazole rings is 1. The molecule has 0 atom stereocenters. The molecule has 0 aliphatic rings. The number of carbonyl (C=O) groups excluding carboxylic acids is 1. The van der Waals surface area contributed by atoms with Crippen LogP contribution in [0.4, 0.5) is 5.69 Å². The SMILES string of the molecule is COc1ccc2oc(-c3ccc(NC(=S)NC(=O)c4ccc(OCC(C)C)cc4)cc3)nc2c1. The zero-order valence-electron chi connectivity index (χ0n) is 19.1. The summed E-state index contributed by atoms with van der Waals surface area (Å²) in [5.41, 5.74) is 3.44. The molecule has 0 spiro atoms. The van der Waals surface area contributed by atoms with E-state index in [2.05, 4.69) is 29.5 Å². The molecule has 2 N–H and O–H groups in total. The van der Waals surface area contributed by atoms with Gasteiger partial charge < -0.3 is 19.2 Å². The molecule has 4 rings (SSSR count). The number of rotatable bonds is 7. The van der Waals surface area contributed by atoms with Gasteiger partial charge in [-0.25, -0.2) is 4.98 Å². The Kier molecular flexibility index (Phi) is 7.08. The lowest BCUT2D eigenvalue weighted by Crippen LogP contribution is -2.34. The standard InChI is InChI=1S/C26H25N3O4S/c1-16(2)15-32-20-10-6-17(7-11-20)24(30)29-26(34)27-19-8-4-18(5-9-19)25-28-22-14-21(31-3)12-13-23(22)33-25/h4-14,16H,15H2,1-3H3,(H2,27,29,30,34). The number of anilines is 1. The Balaban J connectivity index is 1.35. The molecule has 0 radical (unpaired) electrons. The molecule has 3 aromatic carbocycles. The third-order valence-electron chi connectivity index (χ3n) is 4.91. The van der Waals surface area contributed by atoms with Crippen molar-refractivity contribution >= 4 is 40.0 Å². The molecule has 8 heteroatoms. The van der Waals surface area contributed by atoms with Crippen molar-refractivity contribution in [1.29, 1.82) is 0 Å². The molecule has 0 saturated carbocycles. The minimum Gasteiger partial charge on any atom is -0.497 e. The lowest BCUT2D eigenvalue weighted by atomic mass is 10.2. The highest BCUT2D eigenvalue weighted by atomic mass is 32.1. The van der Waals surface area contributed by atoms with Crippen LogP contribution in [-0.2, 0) is 0 Å². The number of carbonyl (C=O) groups is 1. The van der Waals surface area contributed by atoms with Gasteiger partial charge in [-0.05, 0) is 78.8 Å². The number of nitrogens with one attached hydrogen (secondary N) is 2. The van der Waals surface area contributed by atoms with Crippen LogP contribution >= 0.6 is 12.2 Å². The molecule has 0 aliphatic heterocycles. The van der Waals surface area contributed by atoms with E-state index in [1.165, 1.54) is 0 Å². The van der Waals surface area contributed by atoms with E-state index in [9.17, 15) is 4.79 Å². The maximum Gasteiger partial charge on any atom is 0.257 e. The fourth-order valence-electron chi connectivity index (χ4n) is 3.16. The molecule has 0 bridgehead atoms. The van der Waals surface area contributed by atoms with Crippen molar-refractivity contribution in [1.82, 2.24) is 10.3 Å². The molecule has 1 heterocycles. The van der Waals surface area contributed by atoms with Gasteiger partial charge in [-0.1, -0.05) is 13.8 Å². The van der Waals surface area contributed by atoms with Crippen LogP contribution < -0.4 is 20.1 Å². The van der Waals surface area contributed by atoms with Gasteiger partial charge in [0.2, 0.25) is 5.89 Å². The van der Waals surface area contributed by atoms with Crippen molar-refractivity contribution in [3.63, 3.8) is 0 Å². The Morgan fingerprint density at radius 2 is 1.74 bits per heavy atom. The van der Waals surface area contributed by atoms with E-state index in [0.29, 0.717) is 29.6 Å². The molecule has 1 aromatic heterocycles. The van der Waals surface area contributed by atoms with Gasteiger partial charge in [0.1, 0.15) is 17.0 Å². The number of methoxy groups -OCH3 is 1. The maximum atomic E-state index is 12.5. The first kappa shape index (κ1) is 23.3. The summed E-state index contributed by atoms with van der Waals surface area (Å²) in [6.07, 6.45) is 0. The number of benzene rings is 3. The second-order valence-corrected chi connectivity index (χ2v) is 8.48. The molecule has 174 valence electrons. The number of fused-ring (bicyclic) bond motifs is 1. The average molecular weight is 476 g/mol. The average Bonchev–Trinajstić information content (AvgIpc) is 3.26. The summed E-state index contributed by atoms with van der Waals surface area (Å²) in [5.74, 6) is 2.08. The maximum absolute atomic E-state index is 12.5. The predicted molar refractivity (Wildman–Crippen MR) is 136 cm³/mol. The summed E-state index contributed by atoms with van der Waals surface area (Å²) in [7, 11) is 1.61. The second kappa shape index (κ2) is 10.4. The van der Waals surface area contributed by atoms with Gasteiger partial charge >= 0.3 is 0 Å². The quantitative estimate of drug-likeness (QED) is 0.333. The van der Waals surface area contributed by atoms with E-state index >= 15 is 0 Å². The van der Waals surface area contributed by atoms with Crippen LogP contribution in [-0.4, -0.2) is 29.7 Å². The van der Waals surface area contributed by atoms with Crippen LogP contribution in [0.25, 0.3) is 22.6 Å². The van der Waals surface area contributed by atoms with E-state index in [1.54, 1.807) is 31.4 Å². The van der Waals surface area contributed by atoms with Crippen LogP contribution in [0, 0.1) is 5.92 Å². The molecule has 1 amide bonds. The highest BCUT2D eigenvalue weighted by molar-refractivity contribution is 7.80. The molecular weight excluding hydrogens is 450 g/mol. The number of thiocarbonyl (C=S) groups is 1. The van der Waals surface area contributed by atoms with Gasteiger partial charge in [0.25, 0.3) is 5.91 Å². The summed E-state index contributed by atoms with van der Waals surface area (Å²) in [4.78, 5) is 17.0. The van der Waals surface area contributed by atoms with Crippen molar-refractivity contribution in [2.24, 2.45) is 5.92 Å². The van der Waals surface area contributed by atoms with Gasteiger partial charge in [0.05, 0.1) is 13.7 Å². The minimum absolute atomic E-state index is 0.201. The van der Waals surface area contributed by atoms with Gasteiger partial charge in [0.15, 0.2) is 10.7 Å². The third-order valence-corrected chi connectivity index (χ3v) is 5.12. The highest BCUT2D eigenvalue weighted by Gasteiger charge is 2.11. The summed E-state index contributed by atoms with van der Waals surface area (Å²) in [5, 5.41) is 5.90. The summed E-state index contributed by atoms with van der Waals surface area (Å²) in [6, 6.07) is 19.8. The summed E-state index contributed by atoms with van der Waals surface area (Å²) < 4.78 is 16.7. The van der Waals surface area contributed by atoms with Crippen molar-refractivity contribution in [2.75, 3.05) is 19.0 Å². The van der Waals surface area contributed by atoms with E-state index in [-0.39, 0.29) is 11.0 Å². The van der Waals surface area contributed by atoms with E-state index in [1.807, 2.05) is 42.5 Å². The summed E-state index contributed by atoms with van der Waals surface area (Å²) in [6.45, 7) is 4.78. The Morgan fingerprint density at radius 1 is 1.03 bits per heavy atom. The van der Waals surface area contributed by atoms with E-state index in [0.717, 1.165) is 28.3 Å². The largest absolute Gasteiger partial charge is 0.497 e. The monoisotopic (exact) mass is 475 g/mol. The molecule has 4 aromatic rings. The molecule has 0 fully saturated rings. The van der Waals surface area contributed by atoms with Crippen LogP contribution in [0.15, 0.2) is 71.1 Å². The summed E-state index contributed by atoms with van der Waals surface area (Å²) >= 11 is 5.29. The first-order valence-corrected chi connectivity index (χ1v) is 11.2. The Hall–Kier alpha value is -3.91. The number of hydrogen-bond acceptors (Lipinski definition) is 6. The number of hydrogen-bond donors (Lipinski definition) is 2. The molecule has 34 heavy (non-hydrogen) atoms. The normalized spacial score (nSPS) is 10.8. The number of nitrogens with zero attached hydrogens (tertiary/aromatic N) is 1. The Bertz CT molecular complexity index is 1300. The number of amides is 1. The lowest BCUT2D eigenvalue weighted by molar-refractivity contribution is 0.0977. The molecule has 7 nitrogen and oxygen atoms in total. The Labute approximate surface area is 203 Å². The molecule has 0 saturated heterocycles. The van der Waals surface area contributed by atoms with Crippen LogP contribution in [0.5, 0.6) is 11.5 Å². The second-order valence-electron chi connectivity index (χ2n) is 8.07. The first-order chi connectivity index (χ1) is 16.4. The zero-order chi connectivity index (χ0) is 24.1. The van der Waals surface area contributed by atoms with E-state index < -0.39 is 0 Å². The van der Waals surface area contributed by atoms with Crippen LogP contribution in [0.3, 0.4) is 0 Å². The van der Waals surface area contributed by atoms with Gasteiger partial charge in [-0.2, -0.15) is 0 Å². The number of ether oxygens (including phenoxy) is 2. The minimum atomic E-state index is -0.300. The first-order valence-electron chi connectivity index (χ1n) is 10.8. The fourth-order valence-corrected chi connectivity index (χ4v) is 3.37. The molecule has 0 aliphatic carbocycles. The number of aromatic nitrogens is 1. The fraction of sp³-hybridized carbons (Fsp3) is 0.192. The van der Waals surface area contributed by atoms with Gasteiger partial charge in [-0.15, -0.1) is 0 Å². The van der Waals surface area contributed by atoms with Gasteiger partial charge in [0, 0.05) is 22.9 Å². The van der Waals surface area contributed by atoms with Crippen molar-refractivity contribution < 1.29 is 18.7 Å². The smallest absolute Gasteiger partial charge is 0.257 e.